The molecular weight excluding hydrogens is 398 g/mol. The Hall–Kier alpha value is -2.83. The zero-order valence-corrected chi connectivity index (χ0v) is 16.3. The van der Waals surface area contributed by atoms with Gasteiger partial charge in [-0.2, -0.15) is 0 Å². The molecule has 0 spiro atoms. The number of halogens is 1. The fourth-order valence-electron chi connectivity index (χ4n) is 3.04. The quantitative estimate of drug-likeness (QED) is 0.490. The highest BCUT2D eigenvalue weighted by atomic mass is 35.5. The SMILES string of the molecule is O=c1oc2cc(S(=O)(=O)Cc3ccc(Cl)cc3)ccc2n1Cc1ccccc1. The smallest absolute Gasteiger partial charge is 0.408 e. The summed E-state index contributed by atoms with van der Waals surface area (Å²) in [7, 11) is -3.59. The van der Waals surface area contributed by atoms with E-state index in [4.69, 9.17) is 16.0 Å². The largest absolute Gasteiger partial charge is 0.420 e. The first-order chi connectivity index (χ1) is 13.4. The van der Waals surface area contributed by atoms with Gasteiger partial charge in [0.2, 0.25) is 0 Å². The van der Waals surface area contributed by atoms with Crippen molar-refractivity contribution >= 4 is 32.5 Å². The molecule has 0 amide bonds. The van der Waals surface area contributed by atoms with E-state index in [0.29, 0.717) is 22.6 Å². The number of nitrogens with zero attached hydrogens (tertiary/aromatic N) is 1. The molecule has 4 rings (SSSR count). The Kier molecular flexibility index (Phi) is 4.83. The summed E-state index contributed by atoms with van der Waals surface area (Å²) in [4.78, 5) is 12.4. The Morgan fingerprint density at radius 2 is 1.61 bits per heavy atom. The number of hydrogen-bond donors (Lipinski definition) is 0. The van der Waals surface area contributed by atoms with E-state index < -0.39 is 15.6 Å². The molecule has 7 heteroatoms. The Labute approximate surface area is 166 Å². The summed E-state index contributed by atoms with van der Waals surface area (Å²) in [6, 6.07) is 20.7. The predicted molar refractivity (Wildman–Crippen MR) is 108 cm³/mol. The van der Waals surface area contributed by atoms with Gasteiger partial charge in [-0.15, -0.1) is 0 Å². The summed E-state index contributed by atoms with van der Waals surface area (Å²) >= 11 is 5.85. The third kappa shape index (κ3) is 3.74. The van der Waals surface area contributed by atoms with Crippen molar-refractivity contribution in [2.75, 3.05) is 0 Å². The van der Waals surface area contributed by atoms with Gasteiger partial charge in [0.1, 0.15) is 0 Å². The lowest BCUT2D eigenvalue weighted by Crippen LogP contribution is -2.14. The molecule has 5 nitrogen and oxygen atoms in total. The van der Waals surface area contributed by atoms with E-state index in [1.165, 1.54) is 16.7 Å². The third-order valence-corrected chi connectivity index (χ3v) is 6.39. The minimum absolute atomic E-state index is 0.107. The molecule has 0 aliphatic carbocycles. The second kappa shape index (κ2) is 7.30. The number of rotatable bonds is 5. The monoisotopic (exact) mass is 413 g/mol. The fourth-order valence-corrected chi connectivity index (χ4v) is 4.53. The van der Waals surface area contributed by atoms with Gasteiger partial charge in [-0.25, -0.2) is 13.2 Å². The number of sulfone groups is 1. The van der Waals surface area contributed by atoms with Crippen LogP contribution in [0.4, 0.5) is 0 Å². The van der Waals surface area contributed by atoms with Crippen LogP contribution in [0.3, 0.4) is 0 Å². The molecule has 0 fully saturated rings. The molecule has 1 heterocycles. The molecule has 0 saturated heterocycles. The van der Waals surface area contributed by atoms with Crippen molar-refractivity contribution in [2.24, 2.45) is 0 Å². The van der Waals surface area contributed by atoms with Crippen molar-refractivity contribution in [1.29, 1.82) is 0 Å². The van der Waals surface area contributed by atoms with Crippen LogP contribution in [-0.2, 0) is 22.1 Å². The number of fused-ring (bicyclic) bond motifs is 1. The second-order valence-corrected chi connectivity index (χ2v) is 8.88. The van der Waals surface area contributed by atoms with E-state index in [2.05, 4.69) is 0 Å². The van der Waals surface area contributed by atoms with Crippen molar-refractivity contribution in [1.82, 2.24) is 4.57 Å². The average molecular weight is 414 g/mol. The maximum absolute atomic E-state index is 12.8. The predicted octanol–water partition coefficient (Wildman–Crippen LogP) is 4.27. The van der Waals surface area contributed by atoms with Crippen LogP contribution in [0.2, 0.25) is 5.02 Å². The summed E-state index contributed by atoms with van der Waals surface area (Å²) in [6.45, 7) is 0.351. The molecular formula is C21H16ClNO4S. The molecule has 4 aromatic rings. The van der Waals surface area contributed by atoms with Crippen molar-refractivity contribution in [3.05, 3.63) is 99.5 Å². The maximum Gasteiger partial charge on any atom is 0.420 e. The van der Waals surface area contributed by atoms with Gasteiger partial charge in [-0.3, -0.25) is 4.57 Å². The van der Waals surface area contributed by atoms with E-state index in [0.717, 1.165) is 5.56 Å². The molecule has 1 aromatic heterocycles. The van der Waals surface area contributed by atoms with Crippen LogP contribution in [-0.4, -0.2) is 13.0 Å². The molecule has 142 valence electrons. The summed E-state index contributed by atoms with van der Waals surface area (Å²) in [5.74, 6) is -0.684. The zero-order chi connectivity index (χ0) is 19.7. The number of aromatic nitrogens is 1. The standard InChI is InChI=1S/C21H16ClNO4S/c22-17-8-6-16(7-9-17)14-28(25,26)18-10-11-19-20(12-18)27-21(24)23(19)13-15-4-2-1-3-5-15/h1-12H,13-14H2. The van der Waals surface area contributed by atoms with E-state index in [-0.39, 0.29) is 16.2 Å². The molecule has 0 radical (unpaired) electrons. The molecule has 0 atom stereocenters. The molecule has 0 aliphatic rings. The van der Waals surface area contributed by atoms with Gasteiger partial charge in [-0.05, 0) is 35.4 Å². The number of benzene rings is 3. The van der Waals surface area contributed by atoms with E-state index in [1.54, 1.807) is 30.3 Å². The van der Waals surface area contributed by atoms with E-state index in [1.807, 2.05) is 30.3 Å². The molecule has 3 aromatic carbocycles. The third-order valence-electron chi connectivity index (χ3n) is 4.45. The highest BCUT2D eigenvalue weighted by Crippen LogP contribution is 2.23. The first-order valence-electron chi connectivity index (χ1n) is 8.57. The molecule has 28 heavy (non-hydrogen) atoms. The molecule has 0 N–H and O–H groups in total. The average Bonchev–Trinajstić information content (AvgIpc) is 2.99. The van der Waals surface area contributed by atoms with Gasteiger partial charge >= 0.3 is 5.76 Å². The van der Waals surface area contributed by atoms with Crippen LogP contribution in [0.25, 0.3) is 11.1 Å². The lowest BCUT2D eigenvalue weighted by atomic mass is 10.2. The normalized spacial score (nSPS) is 11.8. The number of oxazole rings is 1. The highest BCUT2D eigenvalue weighted by molar-refractivity contribution is 7.90. The van der Waals surface area contributed by atoms with Gasteiger partial charge in [0.15, 0.2) is 15.4 Å². The van der Waals surface area contributed by atoms with Crippen molar-refractivity contribution in [3.63, 3.8) is 0 Å². The fraction of sp³-hybridized carbons (Fsp3) is 0.0952. The highest BCUT2D eigenvalue weighted by Gasteiger charge is 2.18. The van der Waals surface area contributed by atoms with Crippen LogP contribution in [0.1, 0.15) is 11.1 Å². The van der Waals surface area contributed by atoms with Crippen LogP contribution >= 0.6 is 11.6 Å². The minimum Gasteiger partial charge on any atom is -0.408 e. The lowest BCUT2D eigenvalue weighted by Gasteiger charge is -2.06. The molecule has 0 bridgehead atoms. The van der Waals surface area contributed by atoms with Crippen molar-refractivity contribution in [3.8, 4) is 0 Å². The van der Waals surface area contributed by atoms with E-state index in [9.17, 15) is 13.2 Å². The molecule has 0 unspecified atom stereocenters. The Balaban J connectivity index is 1.68. The molecule has 0 saturated carbocycles. The first kappa shape index (κ1) is 18.5. The topological polar surface area (TPSA) is 69.3 Å². The zero-order valence-electron chi connectivity index (χ0n) is 14.7. The second-order valence-electron chi connectivity index (χ2n) is 6.45. The summed E-state index contributed by atoms with van der Waals surface area (Å²) in [6.07, 6.45) is 0. The van der Waals surface area contributed by atoms with Crippen LogP contribution in [0.15, 0.2) is 86.9 Å². The first-order valence-corrected chi connectivity index (χ1v) is 10.6. The van der Waals surface area contributed by atoms with Gasteiger partial charge in [-0.1, -0.05) is 54.1 Å². The molecule has 0 aliphatic heterocycles. The summed E-state index contributed by atoms with van der Waals surface area (Å²) in [5.41, 5.74) is 2.39. The lowest BCUT2D eigenvalue weighted by molar-refractivity contribution is 0.517. The van der Waals surface area contributed by atoms with Crippen LogP contribution in [0, 0.1) is 0 Å². The minimum atomic E-state index is -3.59. The van der Waals surface area contributed by atoms with Crippen molar-refractivity contribution < 1.29 is 12.8 Å². The Morgan fingerprint density at radius 3 is 2.32 bits per heavy atom. The van der Waals surface area contributed by atoms with Crippen LogP contribution < -0.4 is 5.76 Å². The van der Waals surface area contributed by atoms with E-state index >= 15 is 0 Å². The maximum atomic E-state index is 12.8. The van der Waals surface area contributed by atoms with Gasteiger partial charge in [0.25, 0.3) is 0 Å². The summed E-state index contributed by atoms with van der Waals surface area (Å²) in [5, 5.41) is 0.545. The van der Waals surface area contributed by atoms with Gasteiger partial charge < -0.3 is 4.42 Å². The Morgan fingerprint density at radius 1 is 0.893 bits per heavy atom. The Bertz CT molecular complexity index is 1290. The van der Waals surface area contributed by atoms with Gasteiger partial charge in [0, 0.05) is 11.1 Å². The summed E-state index contributed by atoms with van der Waals surface area (Å²) < 4.78 is 32.3. The van der Waals surface area contributed by atoms with Crippen LogP contribution in [0.5, 0.6) is 0 Å². The van der Waals surface area contributed by atoms with Crippen molar-refractivity contribution in [2.45, 2.75) is 17.2 Å². The number of hydrogen-bond acceptors (Lipinski definition) is 4. The van der Waals surface area contributed by atoms with Gasteiger partial charge in [0.05, 0.1) is 22.7 Å².